The number of carboxylic acids is 1. The summed E-state index contributed by atoms with van der Waals surface area (Å²) in [6, 6.07) is 14.2. The van der Waals surface area contributed by atoms with Crippen LogP contribution in [0.5, 0.6) is 0 Å². The van der Waals surface area contributed by atoms with Crippen LogP contribution in [0.25, 0.3) is 11.1 Å². The molecule has 2 aromatic rings. The van der Waals surface area contributed by atoms with Crippen LogP contribution >= 0.6 is 0 Å². The molecule has 0 saturated heterocycles. The largest absolute Gasteiger partial charge is 0.480 e. The van der Waals surface area contributed by atoms with Gasteiger partial charge in [0.15, 0.2) is 0 Å². The van der Waals surface area contributed by atoms with E-state index in [0.717, 1.165) is 35.1 Å². The number of hydrogen-bond donors (Lipinski definition) is 3. The van der Waals surface area contributed by atoms with E-state index < -0.39 is 30.1 Å². The number of fused-ring (bicyclic) bond motifs is 3. The molecule has 0 aromatic heterocycles. The Morgan fingerprint density at radius 2 is 1.61 bits per heavy atom. The Morgan fingerprint density at radius 3 is 2.15 bits per heavy atom. The van der Waals surface area contributed by atoms with Crippen molar-refractivity contribution in [3.63, 3.8) is 0 Å². The van der Waals surface area contributed by atoms with Crippen molar-refractivity contribution in [2.75, 3.05) is 20.3 Å². The first-order chi connectivity index (χ1) is 16.0. The summed E-state index contributed by atoms with van der Waals surface area (Å²) in [5.74, 6) is -1.77. The van der Waals surface area contributed by atoms with Crippen molar-refractivity contribution >= 4 is 18.0 Å². The standard InChI is InChI=1S/C25H28N2O6/c1-32-13-12-21(24(29)30)26-23(28)22(15-10-11-15)27-25(31)33-14-20-18-8-4-2-6-16(18)17-7-3-5-9-19(17)20/h2-9,15,20-22H,10-14H2,1H3,(H,26,28)(H,27,31)(H,29,30). The molecular formula is C25H28N2O6. The van der Waals surface area contributed by atoms with Crippen LogP contribution in [0.2, 0.25) is 0 Å². The van der Waals surface area contributed by atoms with E-state index in [4.69, 9.17) is 9.47 Å². The number of ether oxygens (including phenoxy) is 2. The molecule has 8 heteroatoms. The number of carboxylic acid groups (broad SMARTS) is 1. The SMILES string of the molecule is COCCC(NC(=O)C(NC(=O)OCC1c2ccccc2-c2ccccc21)C1CC1)C(=O)O. The first kappa shape index (κ1) is 22.8. The monoisotopic (exact) mass is 452 g/mol. The normalized spacial score (nSPS) is 16.3. The number of alkyl carbamates (subject to hydrolysis) is 1. The second-order valence-electron chi connectivity index (χ2n) is 8.47. The minimum Gasteiger partial charge on any atom is -0.480 e. The molecule has 1 fully saturated rings. The molecule has 0 spiro atoms. The molecular weight excluding hydrogens is 424 g/mol. The van der Waals surface area contributed by atoms with Gasteiger partial charge >= 0.3 is 12.1 Å². The third-order valence-corrected chi connectivity index (χ3v) is 6.22. The molecule has 3 N–H and O–H groups in total. The van der Waals surface area contributed by atoms with Crippen LogP contribution in [0, 0.1) is 5.92 Å². The summed E-state index contributed by atoms with van der Waals surface area (Å²) in [5.41, 5.74) is 4.47. The molecule has 2 unspecified atom stereocenters. The van der Waals surface area contributed by atoms with Crippen molar-refractivity contribution in [2.24, 2.45) is 5.92 Å². The third kappa shape index (κ3) is 5.17. The Balaban J connectivity index is 1.38. The van der Waals surface area contributed by atoms with Gasteiger partial charge in [-0.3, -0.25) is 4.79 Å². The summed E-state index contributed by atoms with van der Waals surface area (Å²) in [6.07, 6.45) is 1.03. The molecule has 33 heavy (non-hydrogen) atoms. The Morgan fingerprint density at radius 1 is 1.00 bits per heavy atom. The minimum atomic E-state index is -1.14. The topological polar surface area (TPSA) is 114 Å². The van der Waals surface area contributed by atoms with Gasteiger partial charge in [0.05, 0.1) is 0 Å². The number of hydrogen-bond acceptors (Lipinski definition) is 5. The van der Waals surface area contributed by atoms with Gasteiger partial charge in [0.1, 0.15) is 18.7 Å². The van der Waals surface area contributed by atoms with E-state index in [1.807, 2.05) is 36.4 Å². The zero-order valence-corrected chi connectivity index (χ0v) is 18.5. The molecule has 2 aromatic carbocycles. The third-order valence-electron chi connectivity index (χ3n) is 6.22. The molecule has 174 valence electrons. The summed E-state index contributed by atoms with van der Waals surface area (Å²) < 4.78 is 10.5. The number of carbonyl (C=O) groups is 3. The van der Waals surface area contributed by atoms with Crippen LogP contribution in [0.4, 0.5) is 4.79 Å². The van der Waals surface area contributed by atoms with E-state index >= 15 is 0 Å². The smallest absolute Gasteiger partial charge is 0.407 e. The Kier molecular flexibility index (Phi) is 6.93. The summed E-state index contributed by atoms with van der Waals surface area (Å²) in [5, 5.41) is 14.5. The van der Waals surface area contributed by atoms with Crippen molar-refractivity contribution in [2.45, 2.75) is 37.3 Å². The number of benzene rings is 2. The van der Waals surface area contributed by atoms with Crippen LogP contribution in [-0.2, 0) is 19.1 Å². The summed E-state index contributed by atoms with van der Waals surface area (Å²) >= 11 is 0. The Hall–Kier alpha value is -3.39. The van der Waals surface area contributed by atoms with Gasteiger partial charge in [-0.2, -0.15) is 0 Å². The molecule has 0 radical (unpaired) electrons. The van der Waals surface area contributed by atoms with E-state index in [0.29, 0.717) is 0 Å². The molecule has 0 aliphatic heterocycles. The number of methoxy groups -OCH3 is 1. The van der Waals surface area contributed by atoms with Crippen LogP contribution in [0.3, 0.4) is 0 Å². The number of amides is 2. The van der Waals surface area contributed by atoms with Crippen molar-refractivity contribution in [3.8, 4) is 11.1 Å². The molecule has 2 aliphatic rings. The average molecular weight is 453 g/mol. The fourth-order valence-corrected chi connectivity index (χ4v) is 4.35. The number of nitrogens with one attached hydrogen (secondary N) is 2. The van der Waals surface area contributed by atoms with Crippen LogP contribution < -0.4 is 10.6 Å². The molecule has 8 nitrogen and oxygen atoms in total. The van der Waals surface area contributed by atoms with E-state index in [-0.39, 0.29) is 31.5 Å². The maximum atomic E-state index is 12.7. The van der Waals surface area contributed by atoms with Crippen LogP contribution in [-0.4, -0.2) is 55.5 Å². The lowest BCUT2D eigenvalue weighted by molar-refractivity contribution is -0.142. The summed E-state index contributed by atoms with van der Waals surface area (Å²) in [4.78, 5) is 36.8. The first-order valence-electron chi connectivity index (χ1n) is 11.1. The molecule has 1 saturated carbocycles. The van der Waals surface area contributed by atoms with Gasteiger partial charge in [0.25, 0.3) is 0 Å². The second-order valence-corrected chi connectivity index (χ2v) is 8.47. The molecule has 2 aliphatic carbocycles. The van der Waals surface area contributed by atoms with Crippen LogP contribution in [0.15, 0.2) is 48.5 Å². The Labute approximate surface area is 192 Å². The van der Waals surface area contributed by atoms with E-state index in [2.05, 4.69) is 22.8 Å². The number of carbonyl (C=O) groups excluding carboxylic acids is 2. The van der Waals surface area contributed by atoms with Crippen molar-refractivity contribution in [3.05, 3.63) is 59.7 Å². The predicted octanol–water partition coefficient (Wildman–Crippen LogP) is 2.91. The fraction of sp³-hybridized carbons (Fsp3) is 0.400. The van der Waals surface area contributed by atoms with E-state index in [1.54, 1.807) is 0 Å². The van der Waals surface area contributed by atoms with Gasteiger partial charge in [-0.05, 0) is 41.0 Å². The summed E-state index contributed by atoms with van der Waals surface area (Å²) in [7, 11) is 1.46. The molecule has 0 heterocycles. The van der Waals surface area contributed by atoms with Gasteiger partial charge in [-0.15, -0.1) is 0 Å². The highest BCUT2D eigenvalue weighted by atomic mass is 16.5. The van der Waals surface area contributed by atoms with Gasteiger partial charge in [-0.25, -0.2) is 9.59 Å². The molecule has 2 amide bonds. The lowest BCUT2D eigenvalue weighted by Gasteiger charge is -2.21. The van der Waals surface area contributed by atoms with E-state index in [9.17, 15) is 19.5 Å². The lowest BCUT2D eigenvalue weighted by atomic mass is 9.98. The number of aliphatic carboxylic acids is 1. The number of rotatable bonds is 10. The van der Waals surface area contributed by atoms with Crippen molar-refractivity contribution in [1.82, 2.24) is 10.6 Å². The molecule has 2 atom stereocenters. The zero-order valence-electron chi connectivity index (χ0n) is 18.5. The summed E-state index contributed by atoms with van der Waals surface area (Å²) in [6.45, 7) is 0.343. The highest BCUT2D eigenvalue weighted by molar-refractivity contribution is 5.89. The molecule has 4 rings (SSSR count). The first-order valence-corrected chi connectivity index (χ1v) is 11.1. The lowest BCUT2D eigenvalue weighted by Crippen LogP contribution is -2.53. The predicted molar refractivity (Wildman–Crippen MR) is 121 cm³/mol. The maximum Gasteiger partial charge on any atom is 0.407 e. The Bertz CT molecular complexity index is 990. The highest BCUT2D eigenvalue weighted by Crippen LogP contribution is 2.44. The van der Waals surface area contributed by atoms with Crippen molar-refractivity contribution in [1.29, 1.82) is 0 Å². The maximum absolute atomic E-state index is 12.7. The van der Waals surface area contributed by atoms with E-state index in [1.165, 1.54) is 7.11 Å². The fourth-order valence-electron chi connectivity index (χ4n) is 4.35. The van der Waals surface area contributed by atoms with Crippen LogP contribution in [0.1, 0.15) is 36.3 Å². The zero-order chi connectivity index (χ0) is 23.4. The average Bonchev–Trinajstić information content (AvgIpc) is 3.61. The molecule has 0 bridgehead atoms. The minimum absolute atomic E-state index is 0.0256. The van der Waals surface area contributed by atoms with Gasteiger partial charge in [0, 0.05) is 26.1 Å². The van der Waals surface area contributed by atoms with Gasteiger partial charge < -0.3 is 25.2 Å². The highest BCUT2D eigenvalue weighted by Gasteiger charge is 2.39. The van der Waals surface area contributed by atoms with Gasteiger partial charge in [0.2, 0.25) is 5.91 Å². The quantitative estimate of drug-likeness (QED) is 0.511. The second kappa shape index (κ2) is 10.0. The van der Waals surface area contributed by atoms with Crippen molar-refractivity contribution < 1.29 is 29.0 Å². The van der Waals surface area contributed by atoms with Gasteiger partial charge in [-0.1, -0.05) is 48.5 Å².